The van der Waals surface area contributed by atoms with Gasteiger partial charge in [0.1, 0.15) is 12.1 Å². The lowest BCUT2D eigenvalue weighted by atomic mass is 9.58. The number of ether oxygens (including phenoxy) is 1. The molecule has 3 rings (SSSR count). The minimum absolute atomic E-state index is 0.0754. The van der Waals surface area contributed by atoms with Crippen molar-refractivity contribution in [1.29, 1.82) is 0 Å². The molecular formula is C16H21F2NO2S. The van der Waals surface area contributed by atoms with Crippen LogP contribution in [0.5, 0.6) is 5.75 Å². The van der Waals surface area contributed by atoms with Crippen molar-refractivity contribution in [2.24, 2.45) is 11.8 Å². The summed E-state index contributed by atoms with van der Waals surface area (Å²) in [6.07, 6.45) is 4.36. The summed E-state index contributed by atoms with van der Waals surface area (Å²) in [5.41, 5.74) is -0.0503. The van der Waals surface area contributed by atoms with E-state index in [9.17, 15) is 13.3 Å². The van der Waals surface area contributed by atoms with E-state index in [0.717, 1.165) is 25.3 Å². The molecule has 22 heavy (non-hydrogen) atoms. The van der Waals surface area contributed by atoms with Crippen molar-refractivity contribution >= 4 is 11.4 Å². The Kier molecular flexibility index (Phi) is 4.36. The number of halogens is 2. The molecule has 122 valence electrons. The van der Waals surface area contributed by atoms with Crippen LogP contribution in [0.2, 0.25) is 0 Å². The van der Waals surface area contributed by atoms with Gasteiger partial charge in [0.15, 0.2) is 11.6 Å². The van der Waals surface area contributed by atoms with E-state index in [1.165, 1.54) is 6.07 Å². The van der Waals surface area contributed by atoms with E-state index in [4.69, 9.17) is 4.74 Å². The summed E-state index contributed by atoms with van der Waals surface area (Å²) in [6.45, 7) is 3.00. The first-order valence-electron chi connectivity index (χ1n) is 7.61. The molecule has 1 aromatic rings. The highest BCUT2D eigenvalue weighted by atomic mass is 32.2. The second-order valence-electron chi connectivity index (χ2n) is 6.52. The highest BCUT2D eigenvalue weighted by molar-refractivity contribution is 7.88. The van der Waals surface area contributed by atoms with E-state index in [0.29, 0.717) is 18.7 Å². The summed E-state index contributed by atoms with van der Waals surface area (Å²) in [6, 6.07) is 2.31. The summed E-state index contributed by atoms with van der Waals surface area (Å²) in [4.78, 5) is 0. The Balaban J connectivity index is 1.96. The Labute approximate surface area is 132 Å². The molecule has 3 nitrogen and oxygen atoms in total. The molecule has 1 aliphatic heterocycles. The minimum atomic E-state index is -1.07. The molecule has 0 radical (unpaired) electrons. The predicted octanol–water partition coefficient (Wildman–Crippen LogP) is 2.91. The van der Waals surface area contributed by atoms with Crippen LogP contribution in [0, 0.1) is 23.5 Å². The molecule has 1 aromatic carbocycles. The Morgan fingerprint density at radius 1 is 1.41 bits per heavy atom. The van der Waals surface area contributed by atoms with E-state index >= 15 is 0 Å². The lowest BCUT2D eigenvalue weighted by Crippen LogP contribution is -2.50. The number of nitrogens with one attached hydrogen (secondary N) is 1. The van der Waals surface area contributed by atoms with Gasteiger partial charge < -0.3 is 9.29 Å². The van der Waals surface area contributed by atoms with Crippen LogP contribution in [-0.4, -0.2) is 24.0 Å². The SMILES string of the molecule is C[S+]([O-])NC[C@@H]1CCC[C@@]2(C)c3c(F)ccc(F)c3OC[C@@H]12. The van der Waals surface area contributed by atoms with Gasteiger partial charge in [-0.3, -0.25) is 0 Å². The van der Waals surface area contributed by atoms with Crippen LogP contribution in [0.25, 0.3) is 0 Å². The second kappa shape index (κ2) is 5.98. The number of fused-ring (bicyclic) bond motifs is 3. The average Bonchev–Trinajstić information content (AvgIpc) is 2.47. The average molecular weight is 329 g/mol. The quantitative estimate of drug-likeness (QED) is 0.867. The summed E-state index contributed by atoms with van der Waals surface area (Å²) in [7, 11) is 0. The van der Waals surface area contributed by atoms with Crippen molar-refractivity contribution in [2.45, 2.75) is 31.6 Å². The number of hydrogen-bond donors (Lipinski definition) is 1. The lowest BCUT2D eigenvalue weighted by Gasteiger charge is -2.49. The molecule has 1 fully saturated rings. The van der Waals surface area contributed by atoms with Gasteiger partial charge in [0.2, 0.25) is 0 Å². The fourth-order valence-electron chi connectivity index (χ4n) is 4.12. The Hall–Kier alpha value is -0.850. The maximum Gasteiger partial charge on any atom is 0.165 e. The van der Waals surface area contributed by atoms with Crippen LogP contribution in [0.1, 0.15) is 31.7 Å². The molecule has 0 spiro atoms. The largest absolute Gasteiger partial charge is 0.598 e. The van der Waals surface area contributed by atoms with Gasteiger partial charge in [0.25, 0.3) is 0 Å². The van der Waals surface area contributed by atoms with Crippen LogP contribution in [0.3, 0.4) is 0 Å². The van der Waals surface area contributed by atoms with Crippen LogP contribution in [0.4, 0.5) is 8.78 Å². The molecule has 1 N–H and O–H groups in total. The third kappa shape index (κ3) is 2.61. The van der Waals surface area contributed by atoms with Gasteiger partial charge in [-0.2, -0.15) is 0 Å². The molecule has 0 aromatic heterocycles. The Morgan fingerprint density at radius 2 is 2.14 bits per heavy atom. The number of hydrogen-bond acceptors (Lipinski definition) is 3. The fraction of sp³-hybridized carbons (Fsp3) is 0.625. The minimum Gasteiger partial charge on any atom is -0.598 e. The van der Waals surface area contributed by atoms with Crippen molar-refractivity contribution in [3.8, 4) is 5.75 Å². The third-order valence-electron chi connectivity index (χ3n) is 5.24. The molecule has 0 amide bonds. The van der Waals surface area contributed by atoms with E-state index in [1.807, 2.05) is 6.92 Å². The number of benzene rings is 1. The molecule has 1 heterocycles. The molecule has 1 saturated carbocycles. The molecule has 1 aliphatic carbocycles. The molecule has 0 saturated heterocycles. The van der Waals surface area contributed by atoms with Gasteiger partial charge >= 0.3 is 0 Å². The normalized spacial score (nSPS) is 31.9. The van der Waals surface area contributed by atoms with Crippen molar-refractivity contribution in [2.75, 3.05) is 19.4 Å². The summed E-state index contributed by atoms with van der Waals surface area (Å²) in [5.74, 6) is -0.465. The van der Waals surface area contributed by atoms with Crippen LogP contribution in [-0.2, 0) is 16.8 Å². The third-order valence-corrected chi connectivity index (χ3v) is 5.82. The summed E-state index contributed by atoms with van der Waals surface area (Å²) in [5, 5.41) is 0. The molecule has 4 atom stereocenters. The predicted molar refractivity (Wildman–Crippen MR) is 82.1 cm³/mol. The van der Waals surface area contributed by atoms with E-state index < -0.39 is 28.4 Å². The van der Waals surface area contributed by atoms with Crippen molar-refractivity contribution in [3.05, 3.63) is 29.3 Å². The second-order valence-corrected chi connectivity index (χ2v) is 7.72. The monoisotopic (exact) mass is 329 g/mol. The Bertz CT molecular complexity index is 569. The van der Waals surface area contributed by atoms with Gasteiger partial charge in [-0.25, -0.2) is 8.78 Å². The zero-order valence-electron chi connectivity index (χ0n) is 12.8. The van der Waals surface area contributed by atoms with E-state index in [-0.39, 0.29) is 17.6 Å². The van der Waals surface area contributed by atoms with Gasteiger partial charge in [-0.05, 0) is 30.9 Å². The molecule has 2 aliphatic rings. The highest BCUT2D eigenvalue weighted by Crippen LogP contribution is 2.53. The number of rotatable bonds is 3. The van der Waals surface area contributed by atoms with E-state index in [2.05, 4.69) is 4.72 Å². The lowest BCUT2D eigenvalue weighted by molar-refractivity contribution is 0.0456. The van der Waals surface area contributed by atoms with Crippen LogP contribution < -0.4 is 9.46 Å². The van der Waals surface area contributed by atoms with Crippen LogP contribution in [0.15, 0.2) is 12.1 Å². The standard InChI is InChI=1S/C16H21F2NO2S/c1-16-7-3-4-10(8-19-22(2)20)11(16)9-21-15-13(18)6-5-12(17)14(15)16/h5-6,10-11,19H,3-4,7-9H2,1-2H3/t10-,11-,16+,22?/m0/s1. The topological polar surface area (TPSA) is 44.3 Å². The summed E-state index contributed by atoms with van der Waals surface area (Å²) < 4.78 is 48.2. The van der Waals surface area contributed by atoms with E-state index in [1.54, 1.807) is 6.26 Å². The van der Waals surface area contributed by atoms with Gasteiger partial charge in [0.05, 0.1) is 6.61 Å². The van der Waals surface area contributed by atoms with Gasteiger partial charge in [-0.1, -0.05) is 13.3 Å². The first-order valence-corrected chi connectivity index (χ1v) is 9.17. The zero-order chi connectivity index (χ0) is 15.9. The molecule has 6 heteroatoms. The van der Waals surface area contributed by atoms with Crippen molar-refractivity contribution in [3.63, 3.8) is 0 Å². The molecule has 1 unspecified atom stereocenters. The fourth-order valence-corrected chi connectivity index (χ4v) is 4.57. The van der Waals surface area contributed by atoms with Gasteiger partial charge in [-0.15, -0.1) is 4.72 Å². The summed E-state index contributed by atoms with van der Waals surface area (Å²) >= 11 is -1.07. The maximum atomic E-state index is 14.4. The van der Waals surface area contributed by atoms with Crippen LogP contribution >= 0.6 is 0 Å². The highest BCUT2D eigenvalue weighted by Gasteiger charge is 2.49. The first kappa shape index (κ1) is 16.0. The maximum absolute atomic E-state index is 14.4. The molecular weight excluding hydrogens is 308 g/mol. The molecule has 0 bridgehead atoms. The first-order chi connectivity index (χ1) is 10.4. The zero-order valence-corrected chi connectivity index (χ0v) is 13.6. The van der Waals surface area contributed by atoms with Crippen molar-refractivity contribution in [1.82, 2.24) is 4.72 Å². The van der Waals surface area contributed by atoms with Crippen molar-refractivity contribution < 1.29 is 18.1 Å². The van der Waals surface area contributed by atoms with Gasteiger partial charge in [0, 0.05) is 34.8 Å². The smallest absolute Gasteiger partial charge is 0.165 e. The Morgan fingerprint density at radius 3 is 2.86 bits per heavy atom.